The third kappa shape index (κ3) is 12.7. The Hall–Kier alpha value is -2.87. The molecule has 0 radical (unpaired) electrons. The molecular formula is C18H29N3O10S. The number of amides is 2. The van der Waals surface area contributed by atoms with Crippen molar-refractivity contribution in [3.8, 4) is 0 Å². The summed E-state index contributed by atoms with van der Waals surface area (Å²) in [6, 6.07) is -2.54. The van der Waals surface area contributed by atoms with Gasteiger partial charge in [0.25, 0.3) is 0 Å². The summed E-state index contributed by atoms with van der Waals surface area (Å²) >= 11 is 0.849. The minimum Gasteiger partial charge on any atom is -0.480 e. The smallest absolute Gasteiger partial charge is 0.322 e. The number of aliphatic carboxylic acids is 2. The van der Waals surface area contributed by atoms with Gasteiger partial charge in [0, 0.05) is 12.2 Å². The molecule has 0 saturated heterocycles. The Morgan fingerprint density at radius 1 is 1.03 bits per heavy atom. The molecule has 3 atom stereocenters. The molecule has 0 spiro atoms. The van der Waals surface area contributed by atoms with Crippen LogP contribution < -0.4 is 16.4 Å². The highest BCUT2D eigenvalue weighted by atomic mass is 32.2. The molecule has 32 heavy (non-hydrogen) atoms. The van der Waals surface area contributed by atoms with Crippen LogP contribution in [-0.2, 0) is 38.2 Å². The van der Waals surface area contributed by atoms with Gasteiger partial charge >= 0.3 is 23.9 Å². The first-order chi connectivity index (χ1) is 15.0. The molecule has 0 rings (SSSR count). The Morgan fingerprint density at radius 2 is 1.66 bits per heavy atom. The van der Waals surface area contributed by atoms with E-state index < -0.39 is 59.6 Å². The molecule has 0 aromatic carbocycles. The van der Waals surface area contributed by atoms with E-state index in [0.717, 1.165) is 11.8 Å². The van der Waals surface area contributed by atoms with Crippen molar-refractivity contribution in [1.29, 1.82) is 0 Å². The molecule has 0 bridgehead atoms. The van der Waals surface area contributed by atoms with Crippen molar-refractivity contribution in [3.05, 3.63) is 0 Å². The maximum Gasteiger partial charge on any atom is 0.322 e. The molecule has 0 aromatic rings. The summed E-state index contributed by atoms with van der Waals surface area (Å²) in [5, 5.41) is 21.0. The van der Waals surface area contributed by atoms with E-state index >= 15 is 0 Å². The van der Waals surface area contributed by atoms with E-state index in [4.69, 9.17) is 25.4 Å². The van der Waals surface area contributed by atoms with Crippen LogP contribution in [0.4, 0.5) is 0 Å². The summed E-state index contributed by atoms with van der Waals surface area (Å²) in [4.78, 5) is 69.9. The topological polar surface area (TPSA) is 211 Å². The molecule has 182 valence electrons. The van der Waals surface area contributed by atoms with Crippen molar-refractivity contribution in [2.45, 2.75) is 50.4 Å². The van der Waals surface area contributed by atoms with Crippen LogP contribution >= 0.6 is 11.8 Å². The van der Waals surface area contributed by atoms with Crippen molar-refractivity contribution in [3.63, 3.8) is 0 Å². The van der Waals surface area contributed by atoms with Gasteiger partial charge in [-0.25, -0.2) is 0 Å². The molecule has 0 heterocycles. The number of thioether (sulfide) groups is 1. The Bertz CT molecular complexity index is 688. The van der Waals surface area contributed by atoms with Gasteiger partial charge in [0.05, 0.1) is 19.6 Å². The van der Waals surface area contributed by atoms with Crippen LogP contribution in [0.5, 0.6) is 0 Å². The molecule has 2 amide bonds. The minimum absolute atomic E-state index is 0.0574. The lowest BCUT2D eigenvalue weighted by Gasteiger charge is -2.21. The van der Waals surface area contributed by atoms with Gasteiger partial charge < -0.3 is 36.1 Å². The van der Waals surface area contributed by atoms with Crippen molar-refractivity contribution < 1.29 is 48.5 Å². The zero-order chi connectivity index (χ0) is 24.7. The molecular weight excluding hydrogens is 450 g/mol. The largest absolute Gasteiger partial charge is 0.480 e. The van der Waals surface area contributed by atoms with Gasteiger partial charge in [-0.15, -0.1) is 11.8 Å². The maximum absolute atomic E-state index is 12.3. The Balaban J connectivity index is 5.23. The minimum atomic E-state index is -1.31. The van der Waals surface area contributed by atoms with Crippen LogP contribution in [-0.4, -0.2) is 88.7 Å². The highest BCUT2D eigenvalue weighted by Crippen LogP contribution is 2.19. The number of hydrogen-bond donors (Lipinski definition) is 5. The maximum atomic E-state index is 12.3. The summed E-state index contributed by atoms with van der Waals surface area (Å²) in [7, 11) is 0. The number of carbonyl (C=O) groups is 6. The number of nitrogens with one attached hydrogen (secondary N) is 2. The van der Waals surface area contributed by atoms with Crippen LogP contribution in [0.2, 0.25) is 0 Å². The van der Waals surface area contributed by atoms with Crippen LogP contribution in [0.25, 0.3) is 0 Å². The third-order valence-corrected chi connectivity index (χ3v) is 5.02. The van der Waals surface area contributed by atoms with Gasteiger partial charge in [-0.2, -0.15) is 0 Å². The summed E-state index contributed by atoms with van der Waals surface area (Å²) in [6.45, 7) is 2.63. The van der Waals surface area contributed by atoms with Crippen molar-refractivity contribution in [2.75, 3.05) is 25.5 Å². The first-order valence-electron chi connectivity index (χ1n) is 9.72. The van der Waals surface area contributed by atoms with Gasteiger partial charge in [-0.3, -0.25) is 28.8 Å². The van der Waals surface area contributed by atoms with E-state index in [1.165, 1.54) is 0 Å². The number of nitrogens with two attached hydrogens (primary N) is 1. The number of ether oxygens (including phenoxy) is 2. The van der Waals surface area contributed by atoms with Crippen LogP contribution in [0, 0.1) is 0 Å². The van der Waals surface area contributed by atoms with E-state index in [0.29, 0.717) is 0 Å². The van der Waals surface area contributed by atoms with E-state index in [1.54, 1.807) is 13.8 Å². The molecule has 0 aliphatic heterocycles. The van der Waals surface area contributed by atoms with Crippen LogP contribution in [0.1, 0.15) is 33.1 Å². The fraction of sp³-hybridized carbons (Fsp3) is 0.667. The third-order valence-electron chi connectivity index (χ3n) is 3.74. The molecule has 0 aliphatic carbocycles. The quantitative estimate of drug-likeness (QED) is 0.160. The normalized spacial score (nSPS) is 13.2. The fourth-order valence-electron chi connectivity index (χ4n) is 2.17. The molecule has 0 fully saturated rings. The predicted molar refractivity (Wildman–Crippen MR) is 112 cm³/mol. The zero-order valence-corrected chi connectivity index (χ0v) is 18.6. The predicted octanol–water partition coefficient (Wildman–Crippen LogP) is -1.52. The second-order valence-electron chi connectivity index (χ2n) is 6.30. The number of esters is 2. The summed E-state index contributed by atoms with van der Waals surface area (Å²) in [5.74, 6) is -5.71. The van der Waals surface area contributed by atoms with E-state index in [2.05, 4.69) is 10.6 Å². The first kappa shape index (κ1) is 29.1. The highest BCUT2D eigenvalue weighted by Gasteiger charge is 2.29. The number of carbonyl (C=O) groups excluding carboxylic acids is 4. The second kappa shape index (κ2) is 15.9. The molecule has 0 aliphatic rings. The lowest BCUT2D eigenvalue weighted by Crippen LogP contribution is -2.50. The standard InChI is InChI=1S/C18H29N3O10S/c1-3-30-15(25)7-12(18(29)31-4-2)32-9-11(16(26)20-8-14(23)24)21-13(22)6-5-10(19)17(27)28/h10-12H,3-9,19H2,1-2H3,(H,20,26)(H,21,22)(H,23,24)(H,27,28)/t10-,11-,12?/m0/s1. The Morgan fingerprint density at radius 3 is 2.19 bits per heavy atom. The van der Waals surface area contributed by atoms with Gasteiger partial charge in [0.2, 0.25) is 11.8 Å². The average Bonchev–Trinajstić information content (AvgIpc) is 2.72. The number of carboxylic acid groups (broad SMARTS) is 2. The highest BCUT2D eigenvalue weighted by molar-refractivity contribution is 8.00. The van der Waals surface area contributed by atoms with Crippen LogP contribution in [0.3, 0.4) is 0 Å². The van der Waals surface area contributed by atoms with E-state index in [-0.39, 0.29) is 38.2 Å². The van der Waals surface area contributed by atoms with Gasteiger partial charge in [0.1, 0.15) is 23.9 Å². The van der Waals surface area contributed by atoms with Crippen molar-refractivity contribution >= 4 is 47.5 Å². The molecule has 0 aromatic heterocycles. The van der Waals surface area contributed by atoms with Crippen molar-refractivity contribution in [2.24, 2.45) is 5.73 Å². The van der Waals surface area contributed by atoms with E-state index in [9.17, 15) is 28.8 Å². The number of carboxylic acids is 2. The monoisotopic (exact) mass is 479 g/mol. The average molecular weight is 480 g/mol. The molecule has 14 heteroatoms. The van der Waals surface area contributed by atoms with Gasteiger partial charge in [-0.05, 0) is 20.3 Å². The molecule has 0 saturated carbocycles. The van der Waals surface area contributed by atoms with E-state index in [1.807, 2.05) is 0 Å². The van der Waals surface area contributed by atoms with Crippen molar-refractivity contribution in [1.82, 2.24) is 10.6 Å². The first-order valence-corrected chi connectivity index (χ1v) is 10.8. The summed E-state index contributed by atoms with van der Waals surface area (Å²) in [5.41, 5.74) is 5.34. The number of rotatable bonds is 16. The summed E-state index contributed by atoms with van der Waals surface area (Å²) in [6.07, 6.45) is -0.820. The van der Waals surface area contributed by atoms with Gasteiger partial charge in [0.15, 0.2) is 0 Å². The summed E-state index contributed by atoms with van der Waals surface area (Å²) < 4.78 is 9.74. The SMILES string of the molecule is CCOC(=O)CC(SC[C@H](NC(=O)CC[C@H](N)C(=O)O)C(=O)NCC(=O)O)C(=O)OCC. The van der Waals surface area contributed by atoms with Crippen LogP contribution in [0.15, 0.2) is 0 Å². The molecule has 13 nitrogen and oxygen atoms in total. The molecule has 1 unspecified atom stereocenters. The Kier molecular flexibility index (Phi) is 14.4. The molecule has 6 N–H and O–H groups in total. The zero-order valence-electron chi connectivity index (χ0n) is 17.8. The number of hydrogen-bond acceptors (Lipinski definition) is 10. The second-order valence-corrected chi connectivity index (χ2v) is 7.53. The van der Waals surface area contributed by atoms with Gasteiger partial charge in [-0.1, -0.05) is 0 Å². The Labute approximate surface area is 188 Å². The lowest BCUT2D eigenvalue weighted by atomic mass is 10.1. The fourth-order valence-corrected chi connectivity index (χ4v) is 3.29. The lowest BCUT2D eigenvalue weighted by molar-refractivity contribution is -0.149.